The third-order valence-electron chi connectivity index (χ3n) is 2.65. The van der Waals surface area contributed by atoms with Gasteiger partial charge in [-0.25, -0.2) is 0 Å². The van der Waals surface area contributed by atoms with Gasteiger partial charge in [0.1, 0.15) is 0 Å². The number of aryl methyl sites for hydroxylation is 2. The molecule has 0 N–H and O–H groups in total. The predicted molar refractivity (Wildman–Crippen MR) is 55.9 cm³/mol. The van der Waals surface area contributed by atoms with E-state index in [2.05, 4.69) is 25.0 Å². The zero-order valence-electron chi connectivity index (χ0n) is 9.17. The molecule has 0 saturated heterocycles. The molecule has 0 unspecified atom stereocenters. The van der Waals surface area contributed by atoms with E-state index in [-0.39, 0.29) is 0 Å². The summed E-state index contributed by atoms with van der Waals surface area (Å²) in [6.07, 6.45) is 2.65. The maximum Gasteiger partial charge on any atom is 0.0625 e. The summed E-state index contributed by atoms with van der Waals surface area (Å²) in [4.78, 5) is 0. The molecule has 0 aromatic carbocycles. The highest BCUT2D eigenvalue weighted by atomic mass is 15.3. The Morgan fingerprint density at radius 2 is 2.00 bits per heavy atom. The van der Waals surface area contributed by atoms with Gasteiger partial charge in [-0.05, 0) is 39.2 Å². The van der Waals surface area contributed by atoms with Crippen LogP contribution in [0.15, 0.2) is 0 Å². The van der Waals surface area contributed by atoms with E-state index in [1.54, 1.807) is 0 Å². The molecule has 0 amide bonds. The number of aromatic nitrogens is 2. The van der Waals surface area contributed by atoms with E-state index in [4.69, 9.17) is 5.26 Å². The first kappa shape index (κ1) is 10.8. The van der Waals surface area contributed by atoms with Crippen LogP contribution in [0.5, 0.6) is 0 Å². The van der Waals surface area contributed by atoms with Crippen LogP contribution in [-0.4, -0.2) is 9.78 Å². The fourth-order valence-electron chi connectivity index (χ4n) is 1.47. The van der Waals surface area contributed by atoms with Gasteiger partial charge in [-0.1, -0.05) is 0 Å². The average molecular weight is 191 g/mol. The Labute approximate surface area is 85.4 Å². The number of nitriles is 1. The zero-order chi connectivity index (χ0) is 10.6. The number of hydrogen-bond acceptors (Lipinski definition) is 2. The second-order valence-electron chi connectivity index (χ2n) is 3.63. The van der Waals surface area contributed by atoms with Crippen molar-refractivity contribution < 1.29 is 0 Å². The van der Waals surface area contributed by atoms with Gasteiger partial charge in [0.05, 0.1) is 11.8 Å². The summed E-state index contributed by atoms with van der Waals surface area (Å²) in [5.41, 5.74) is 3.65. The minimum Gasteiger partial charge on any atom is -0.269 e. The monoisotopic (exact) mass is 191 g/mol. The van der Waals surface area contributed by atoms with E-state index in [1.165, 1.54) is 11.3 Å². The minimum absolute atomic E-state index is 0.651. The first-order valence-electron chi connectivity index (χ1n) is 5.04. The number of nitrogens with zero attached hydrogens (tertiary/aromatic N) is 3. The highest BCUT2D eigenvalue weighted by Gasteiger charge is 2.05. The molecule has 3 nitrogen and oxygen atoms in total. The van der Waals surface area contributed by atoms with Gasteiger partial charge < -0.3 is 0 Å². The summed E-state index contributed by atoms with van der Waals surface area (Å²) >= 11 is 0. The molecule has 0 spiro atoms. The van der Waals surface area contributed by atoms with Crippen molar-refractivity contribution in [2.75, 3.05) is 0 Å². The van der Waals surface area contributed by atoms with Crippen molar-refractivity contribution in [3.05, 3.63) is 17.0 Å². The van der Waals surface area contributed by atoms with Gasteiger partial charge in [0, 0.05) is 18.7 Å². The molecule has 3 heteroatoms. The summed E-state index contributed by atoms with van der Waals surface area (Å²) in [7, 11) is 0. The first-order chi connectivity index (χ1) is 6.66. The molecule has 1 rings (SSSR count). The van der Waals surface area contributed by atoms with Gasteiger partial charge in [-0.3, -0.25) is 4.68 Å². The predicted octanol–water partition coefficient (Wildman–Crippen LogP) is 2.50. The van der Waals surface area contributed by atoms with Gasteiger partial charge in [-0.15, -0.1) is 0 Å². The summed E-state index contributed by atoms with van der Waals surface area (Å²) in [6, 6.07) is 2.16. The van der Waals surface area contributed by atoms with E-state index >= 15 is 0 Å². The van der Waals surface area contributed by atoms with Gasteiger partial charge in [0.25, 0.3) is 0 Å². The first-order valence-corrected chi connectivity index (χ1v) is 5.04. The standard InChI is InChI=1S/C11H17N3/c1-9-10(2)13-14(11(9)3)8-6-4-5-7-12/h4-6,8H2,1-3H3. The van der Waals surface area contributed by atoms with Gasteiger partial charge in [0.15, 0.2) is 0 Å². The Hall–Kier alpha value is -1.30. The van der Waals surface area contributed by atoms with E-state index in [1.807, 2.05) is 11.6 Å². The molecular formula is C11H17N3. The van der Waals surface area contributed by atoms with Gasteiger partial charge >= 0.3 is 0 Å². The van der Waals surface area contributed by atoms with Crippen LogP contribution in [0.4, 0.5) is 0 Å². The molecule has 14 heavy (non-hydrogen) atoms. The quantitative estimate of drug-likeness (QED) is 0.686. The molecule has 76 valence electrons. The van der Waals surface area contributed by atoms with Crippen molar-refractivity contribution in [2.45, 2.75) is 46.6 Å². The lowest BCUT2D eigenvalue weighted by Crippen LogP contribution is -2.02. The van der Waals surface area contributed by atoms with Crippen LogP contribution in [0.2, 0.25) is 0 Å². The Morgan fingerprint density at radius 1 is 1.29 bits per heavy atom. The van der Waals surface area contributed by atoms with Crippen LogP contribution in [-0.2, 0) is 6.54 Å². The molecule has 0 radical (unpaired) electrons. The van der Waals surface area contributed by atoms with Crippen LogP contribution in [0.1, 0.15) is 36.2 Å². The maximum atomic E-state index is 8.39. The Morgan fingerprint density at radius 3 is 2.50 bits per heavy atom. The number of unbranched alkanes of at least 4 members (excludes halogenated alkanes) is 2. The molecule has 0 aliphatic rings. The maximum absolute atomic E-state index is 8.39. The summed E-state index contributed by atoms with van der Waals surface area (Å²) < 4.78 is 2.04. The number of rotatable bonds is 4. The van der Waals surface area contributed by atoms with Crippen molar-refractivity contribution in [1.29, 1.82) is 5.26 Å². The second-order valence-corrected chi connectivity index (χ2v) is 3.63. The molecule has 1 aromatic rings. The lowest BCUT2D eigenvalue weighted by atomic mass is 10.2. The van der Waals surface area contributed by atoms with Crippen molar-refractivity contribution in [3.8, 4) is 6.07 Å². The average Bonchev–Trinajstić information content (AvgIpc) is 2.41. The van der Waals surface area contributed by atoms with E-state index in [9.17, 15) is 0 Å². The van der Waals surface area contributed by atoms with Gasteiger partial charge in [0.2, 0.25) is 0 Å². The number of hydrogen-bond donors (Lipinski definition) is 0. The van der Waals surface area contributed by atoms with E-state index in [0.29, 0.717) is 6.42 Å². The molecular weight excluding hydrogens is 174 g/mol. The minimum atomic E-state index is 0.651. The van der Waals surface area contributed by atoms with E-state index in [0.717, 1.165) is 25.1 Å². The van der Waals surface area contributed by atoms with Crippen molar-refractivity contribution in [3.63, 3.8) is 0 Å². The smallest absolute Gasteiger partial charge is 0.0625 e. The van der Waals surface area contributed by atoms with Crippen LogP contribution >= 0.6 is 0 Å². The van der Waals surface area contributed by atoms with Crippen molar-refractivity contribution >= 4 is 0 Å². The highest BCUT2D eigenvalue weighted by Crippen LogP contribution is 2.11. The molecule has 1 heterocycles. The SMILES string of the molecule is Cc1nn(CCCCC#N)c(C)c1C. The van der Waals surface area contributed by atoms with Crippen molar-refractivity contribution in [2.24, 2.45) is 0 Å². The third-order valence-corrected chi connectivity index (χ3v) is 2.65. The molecule has 0 saturated carbocycles. The van der Waals surface area contributed by atoms with Gasteiger partial charge in [-0.2, -0.15) is 10.4 Å². The highest BCUT2D eigenvalue weighted by molar-refractivity contribution is 5.21. The third kappa shape index (κ3) is 2.35. The Balaban J connectivity index is 2.52. The van der Waals surface area contributed by atoms with Crippen LogP contribution in [0.25, 0.3) is 0 Å². The largest absolute Gasteiger partial charge is 0.269 e. The van der Waals surface area contributed by atoms with E-state index < -0.39 is 0 Å². The topological polar surface area (TPSA) is 41.6 Å². The Kier molecular flexibility index (Phi) is 3.70. The lowest BCUT2D eigenvalue weighted by molar-refractivity contribution is 0.547. The summed E-state index contributed by atoms with van der Waals surface area (Å²) in [6.45, 7) is 7.17. The zero-order valence-corrected chi connectivity index (χ0v) is 9.17. The molecule has 0 bridgehead atoms. The molecule has 1 aromatic heterocycles. The second kappa shape index (κ2) is 4.80. The fraction of sp³-hybridized carbons (Fsp3) is 0.636. The summed E-state index contributed by atoms with van der Waals surface area (Å²) in [5.74, 6) is 0. The molecule has 0 fully saturated rings. The molecule has 0 atom stereocenters. The van der Waals surface area contributed by atoms with Crippen LogP contribution in [0, 0.1) is 32.1 Å². The lowest BCUT2D eigenvalue weighted by Gasteiger charge is -2.02. The fourth-order valence-corrected chi connectivity index (χ4v) is 1.47. The summed E-state index contributed by atoms with van der Waals surface area (Å²) in [5, 5.41) is 12.8. The van der Waals surface area contributed by atoms with Crippen LogP contribution < -0.4 is 0 Å². The normalized spacial score (nSPS) is 10.1. The van der Waals surface area contributed by atoms with Crippen molar-refractivity contribution in [1.82, 2.24) is 9.78 Å². The molecule has 0 aliphatic carbocycles. The Bertz CT molecular complexity index is 344. The molecule has 0 aliphatic heterocycles. The van der Waals surface area contributed by atoms with Crippen LogP contribution in [0.3, 0.4) is 0 Å².